The summed E-state index contributed by atoms with van der Waals surface area (Å²) in [5.41, 5.74) is 0. The van der Waals surface area contributed by atoms with Crippen LogP contribution in [0.4, 0.5) is 0 Å². The standard InChI is InChI=1S/C9H18N2O2S/c1-8(2)7-11(9(3)4)14(12,13)6-5-10/h8-9H,6-7H2,1-4H3. The number of sulfonamides is 1. The van der Waals surface area contributed by atoms with E-state index < -0.39 is 15.8 Å². The van der Waals surface area contributed by atoms with Crippen LogP contribution in [0.5, 0.6) is 0 Å². The summed E-state index contributed by atoms with van der Waals surface area (Å²) in [6, 6.07) is 1.60. The van der Waals surface area contributed by atoms with Gasteiger partial charge in [-0.2, -0.15) is 9.57 Å². The van der Waals surface area contributed by atoms with E-state index in [-0.39, 0.29) is 12.0 Å². The van der Waals surface area contributed by atoms with Crippen molar-refractivity contribution in [2.45, 2.75) is 33.7 Å². The van der Waals surface area contributed by atoms with Crippen molar-refractivity contribution in [3.63, 3.8) is 0 Å². The van der Waals surface area contributed by atoms with Crippen molar-refractivity contribution in [3.05, 3.63) is 0 Å². The summed E-state index contributed by atoms with van der Waals surface area (Å²) in [6.45, 7) is 8.02. The molecule has 0 radical (unpaired) electrons. The molecule has 82 valence electrons. The lowest BCUT2D eigenvalue weighted by Gasteiger charge is -2.26. The van der Waals surface area contributed by atoms with Crippen LogP contribution >= 0.6 is 0 Å². The summed E-state index contributed by atoms with van der Waals surface area (Å²) >= 11 is 0. The van der Waals surface area contributed by atoms with Crippen LogP contribution in [0.2, 0.25) is 0 Å². The van der Waals surface area contributed by atoms with Crippen molar-refractivity contribution in [1.29, 1.82) is 5.26 Å². The van der Waals surface area contributed by atoms with Crippen LogP contribution in [-0.2, 0) is 10.0 Å². The molecule has 4 nitrogen and oxygen atoms in total. The molecule has 0 atom stereocenters. The number of hydrogen-bond acceptors (Lipinski definition) is 3. The number of nitriles is 1. The zero-order valence-electron chi connectivity index (χ0n) is 9.19. The predicted molar refractivity (Wildman–Crippen MR) is 56.1 cm³/mol. The first-order valence-electron chi connectivity index (χ1n) is 4.67. The van der Waals surface area contributed by atoms with Gasteiger partial charge >= 0.3 is 0 Å². The zero-order valence-corrected chi connectivity index (χ0v) is 10.0. The van der Waals surface area contributed by atoms with Crippen molar-refractivity contribution in [3.8, 4) is 6.07 Å². The van der Waals surface area contributed by atoms with Crippen LogP contribution in [-0.4, -0.2) is 31.1 Å². The Morgan fingerprint density at radius 2 is 1.79 bits per heavy atom. The first-order valence-corrected chi connectivity index (χ1v) is 6.28. The fraction of sp³-hybridized carbons (Fsp3) is 0.889. The highest BCUT2D eigenvalue weighted by molar-refractivity contribution is 7.89. The molecule has 0 fully saturated rings. The molecule has 14 heavy (non-hydrogen) atoms. The summed E-state index contributed by atoms with van der Waals surface area (Å²) < 4.78 is 24.6. The minimum Gasteiger partial charge on any atom is -0.211 e. The SMILES string of the molecule is CC(C)CN(C(C)C)S(=O)(=O)CC#N. The van der Waals surface area contributed by atoms with E-state index in [2.05, 4.69) is 0 Å². The summed E-state index contributed by atoms with van der Waals surface area (Å²) in [6.07, 6.45) is 0. The van der Waals surface area contributed by atoms with Crippen molar-refractivity contribution in [1.82, 2.24) is 4.31 Å². The van der Waals surface area contributed by atoms with Crippen LogP contribution in [0.25, 0.3) is 0 Å². The smallest absolute Gasteiger partial charge is 0.211 e. The molecule has 0 amide bonds. The molecule has 0 aromatic carbocycles. The van der Waals surface area contributed by atoms with Gasteiger partial charge in [-0.3, -0.25) is 0 Å². The zero-order chi connectivity index (χ0) is 11.4. The molecule has 0 bridgehead atoms. The number of nitrogens with zero attached hydrogens (tertiary/aromatic N) is 2. The summed E-state index contributed by atoms with van der Waals surface area (Å²) in [5.74, 6) is -0.163. The summed E-state index contributed by atoms with van der Waals surface area (Å²) in [5, 5.41) is 8.41. The van der Waals surface area contributed by atoms with Crippen molar-refractivity contribution in [2.75, 3.05) is 12.3 Å². The molecule has 0 N–H and O–H groups in total. The molecule has 0 rings (SSSR count). The van der Waals surface area contributed by atoms with Crippen LogP contribution in [0, 0.1) is 17.2 Å². The third kappa shape index (κ3) is 4.07. The first kappa shape index (κ1) is 13.4. The van der Waals surface area contributed by atoms with Gasteiger partial charge in [-0.15, -0.1) is 0 Å². The molecule has 0 aliphatic heterocycles. The van der Waals surface area contributed by atoms with Gasteiger partial charge in [-0.1, -0.05) is 13.8 Å². The maximum atomic E-state index is 11.6. The highest BCUT2D eigenvalue weighted by Gasteiger charge is 2.24. The Bertz CT molecular complexity index is 301. The van der Waals surface area contributed by atoms with Gasteiger partial charge in [0, 0.05) is 12.6 Å². The molecule has 0 saturated carbocycles. The van der Waals surface area contributed by atoms with Gasteiger partial charge in [0.2, 0.25) is 10.0 Å². The minimum atomic E-state index is -3.39. The Labute approximate surface area is 86.6 Å². The molecule has 5 heteroatoms. The first-order chi connectivity index (χ1) is 6.31. The third-order valence-corrected chi connectivity index (χ3v) is 3.50. The van der Waals surface area contributed by atoms with Gasteiger partial charge in [-0.05, 0) is 19.8 Å². The van der Waals surface area contributed by atoms with Crippen molar-refractivity contribution >= 4 is 10.0 Å². The second-order valence-electron chi connectivity index (χ2n) is 3.97. The van der Waals surface area contributed by atoms with E-state index in [1.54, 1.807) is 6.07 Å². The Balaban J connectivity index is 4.76. The lowest BCUT2D eigenvalue weighted by molar-refractivity contribution is 0.320. The highest BCUT2D eigenvalue weighted by Crippen LogP contribution is 2.10. The Kier molecular flexibility index (Phi) is 5.09. The van der Waals surface area contributed by atoms with E-state index in [9.17, 15) is 8.42 Å². The molecule has 0 saturated heterocycles. The fourth-order valence-electron chi connectivity index (χ4n) is 1.17. The normalized spacial score (nSPS) is 12.4. The maximum Gasteiger partial charge on any atom is 0.227 e. The summed E-state index contributed by atoms with van der Waals surface area (Å²) in [7, 11) is -3.39. The van der Waals surface area contributed by atoms with Crippen LogP contribution < -0.4 is 0 Å². The van der Waals surface area contributed by atoms with E-state index in [1.807, 2.05) is 27.7 Å². The largest absolute Gasteiger partial charge is 0.227 e. The molecule has 0 aliphatic carbocycles. The molecular weight excluding hydrogens is 200 g/mol. The lowest BCUT2D eigenvalue weighted by Crippen LogP contribution is -2.40. The van der Waals surface area contributed by atoms with Crippen LogP contribution in [0.3, 0.4) is 0 Å². The van der Waals surface area contributed by atoms with E-state index >= 15 is 0 Å². The van der Waals surface area contributed by atoms with Gasteiger partial charge in [0.1, 0.15) is 0 Å². The Hall–Kier alpha value is -0.600. The van der Waals surface area contributed by atoms with E-state index in [0.29, 0.717) is 6.54 Å². The fourth-order valence-corrected chi connectivity index (χ4v) is 2.67. The second kappa shape index (κ2) is 5.32. The van der Waals surface area contributed by atoms with Gasteiger partial charge in [0.15, 0.2) is 5.75 Å². The molecule has 0 aromatic heterocycles. The van der Waals surface area contributed by atoms with Gasteiger partial charge in [-0.25, -0.2) is 8.42 Å². The monoisotopic (exact) mass is 218 g/mol. The Morgan fingerprint density at radius 1 is 1.29 bits per heavy atom. The van der Waals surface area contributed by atoms with E-state index in [0.717, 1.165) is 0 Å². The lowest BCUT2D eigenvalue weighted by atomic mass is 10.2. The molecule has 0 heterocycles. The topological polar surface area (TPSA) is 61.2 Å². The van der Waals surface area contributed by atoms with Gasteiger partial charge < -0.3 is 0 Å². The van der Waals surface area contributed by atoms with Gasteiger partial charge in [0.25, 0.3) is 0 Å². The molecule has 0 unspecified atom stereocenters. The molecular formula is C9H18N2O2S. The molecule has 0 aliphatic rings. The summed E-state index contributed by atoms with van der Waals surface area (Å²) in [4.78, 5) is 0. The Morgan fingerprint density at radius 3 is 2.07 bits per heavy atom. The maximum absolute atomic E-state index is 11.6. The van der Waals surface area contributed by atoms with Crippen LogP contribution in [0.15, 0.2) is 0 Å². The average molecular weight is 218 g/mol. The van der Waals surface area contributed by atoms with Crippen LogP contribution in [0.1, 0.15) is 27.7 Å². The number of rotatable bonds is 5. The molecule has 0 spiro atoms. The van der Waals surface area contributed by atoms with Crippen molar-refractivity contribution in [2.24, 2.45) is 5.92 Å². The third-order valence-electron chi connectivity index (χ3n) is 1.73. The second-order valence-corrected chi connectivity index (χ2v) is 5.89. The highest BCUT2D eigenvalue weighted by atomic mass is 32.2. The molecule has 0 aromatic rings. The minimum absolute atomic E-state index is 0.0873. The van der Waals surface area contributed by atoms with Gasteiger partial charge in [0.05, 0.1) is 6.07 Å². The van der Waals surface area contributed by atoms with E-state index in [4.69, 9.17) is 5.26 Å². The number of hydrogen-bond donors (Lipinski definition) is 0. The van der Waals surface area contributed by atoms with E-state index in [1.165, 1.54) is 4.31 Å². The average Bonchev–Trinajstić information content (AvgIpc) is 1.99. The quantitative estimate of drug-likeness (QED) is 0.696. The predicted octanol–water partition coefficient (Wildman–Crippen LogP) is 1.21. The van der Waals surface area contributed by atoms with Crippen molar-refractivity contribution < 1.29 is 8.42 Å².